The summed E-state index contributed by atoms with van der Waals surface area (Å²) in [4.78, 5) is 17.6. The molecule has 2 aromatic heterocycles. The molecular weight excluding hydrogens is 483 g/mol. The van der Waals surface area contributed by atoms with Crippen LogP contribution in [0.5, 0.6) is 11.5 Å². The van der Waals surface area contributed by atoms with E-state index in [9.17, 15) is 4.79 Å². The summed E-state index contributed by atoms with van der Waals surface area (Å²) in [5.74, 6) is 1.29. The lowest BCUT2D eigenvalue weighted by molar-refractivity contribution is 0.0878. The van der Waals surface area contributed by atoms with Gasteiger partial charge >= 0.3 is 6.09 Å². The lowest BCUT2D eigenvalue weighted by Gasteiger charge is -2.30. The van der Waals surface area contributed by atoms with Crippen LogP contribution in [0.1, 0.15) is 12.8 Å². The van der Waals surface area contributed by atoms with E-state index in [-0.39, 0.29) is 6.10 Å². The van der Waals surface area contributed by atoms with Gasteiger partial charge in [0, 0.05) is 31.5 Å². The van der Waals surface area contributed by atoms with Crippen LogP contribution in [0, 0.1) is 3.70 Å². The second kappa shape index (κ2) is 7.50. The van der Waals surface area contributed by atoms with Gasteiger partial charge in [-0.15, -0.1) is 0 Å². The molecule has 27 heavy (non-hydrogen) atoms. The highest BCUT2D eigenvalue weighted by molar-refractivity contribution is 14.1. The Labute approximate surface area is 172 Å². The van der Waals surface area contributed by atoms with Crippen molar-refractivity contribution in [1.29, 1.82) is 0 Å². The molecule has 0 aliphatic carbocycles. The van der Waals surface area contributed by atoms with Gasteiger partial charge in [-0.1, -0.05) is 11.3 Å². The number of amides is 1. The average molecular weight is 500 g/mol. The van der Waals surface area contributed by atoms with E-state index >= 15 is 0 Å². The van der Waals surface area contributed by atoms with Crippen LogP contribution in [-0.4, -0.2) is 57.0 Å². The summed E-state index contributed by atoms with van der Waals surface area (Å²) in [5.41, 5.74) is 0.936. The smallest absolute Gasteiger partial charge is 0.407 e. The summed E-state index contributed by atoms with van der Waals surface area (Å²) in [6, 6.07) is 5.75. The van der Waals surface area contributed by atoms with Crippen LogP contribution >= 0.6 is 33.9 Å². The average Bonchev–Trinajstić information content (AvgIpc) is 3.25. The van der Waals surface area contributed by atoms with Crippen molar-refractivity contribution in [3.63, 3.8) is 0 Å². The number of methoxy groups -OCH3 is 1. The fourth-order valence-electron chi connectivity index (χ4n) is 3.03. The highest BCUT2D eigenvalue weighted by Crippen LogP contribution is 2.35. The van der Waals surface area contributed by atoms with Gasteiger partial charge in [0.2, 0.25) is 4.96 Å². The molecule has 142 valence electrons. The lowest BCUT2D eigenvalue weighted by Crippen LogP contribution is -2.41. The number of rotatable bonds is 4. The van der Waals surface area contributed by atoms with Crippen molar-refractivity contribution >= 4 is 45.0 Å². The van der Waals surface area contributed by atoms with Gasteiger partial charge in [-0.25, -0.2) is 9.78 Å². The number of hydrogen-bond acceptors (Lipinski definition) is 6. The van der Waals surface area contributed by atoms with E-state index in [1.54, 1.807) is 13.3 Å². The van der Waals surface area contributed by atoms with Crippen LogP contribution in [-0.2, 0) is 0 Å². The molecule has 1 aromatic carbocycles. The zero-order valence-corrected chi connectivity index (χ0v) is 17.4. The molecule has 1 saturated heterocycles. The first-order chi connectivity index (χ1) is 13.0. The molecule has 1 aliphatic rings. The molecule has 8 nitrogen and oxygen atoms in total. The first-order valence-corrected chi connectivity index (χ1v) is 10.3. The number of carbonyl (C=O) groups is 1. The number of likely N-dealkylation sites (tertiary alicyclic amines) is 1. The van der Waals surface area contributed by atoms with Crippen molar-refractivity contribution in [1.82, 2.24) is 19.5 Å². The quantitative estimate of drug-likeness (QED) is 0.551. The molecule has 1 N–H and O–H groups in total. The molecule has 0 bridgehead atoms. The molecule has 0 radical (unpaired) electrons. The third-order valence-electron chi connectivity index (χ3n) is 4.46. The zero-order chi connectivity index (χ0) is 19.0. The Morgan fingerprint density at radius 2 is 2.11 bits per heavy atom. The number of imidazole rings is 1. The Morgan fingerprint density at radius 1 is 1.33 bits per heavy atom. The Morgan fingerprint density at radius 3 is 2.78 bits per heavy atom. The minimum Gasteiger partial charge on any atom is -0.493 e. The largest absolute Gasteiger partial charge is 0.493 e. The van der Waals surface area contributed by atoms with E-state index in [4.69, 9.17) is 14.6 Å². The van der Waals surface area contributed by atoms with Crippen molar-refractivity contribution in [2.75, 3.05) is 20.2 Å². The van der Waals surface area contributed by atoms with Gasteiger partial charge in [0.25, 0.3) is 0 Å². The summed E-state index contributed by atoms with van der Waals surface area (Å²) in [6.45, 7) is 0.968. The van der Waals surface area contributed by atoms with E-state index in [0.717, 1.165) is 19.2 Å². The molecular formula is C17H17IN4O4S. The number of benzene rings is 1. The summed E-state index contributed by atoms with van der Waals surface area (Å²) in [7, 11) is 1.61. The molecule has 3 heterocycles. The van der Waals surface area contributed by atoms with Gasteiger partial charge in [-0.3, -0.25) is 0 Å². The normalized spacial score (nSPS) is 15.3. The minimum atomic E-state index is -0.875. The maximum Gasteiger partial charge on any atom is 0.407 e. The summed E-state index contributed by atoms with van der Waals surface area (Å²) < 4.78 is 14.4. The van der Waals surface area contributed by atoms with E-state index in [2.05, 4.69) is 32.7 Å². The minimum absolute atomic E-state index is 0.0231. The molecule has 1 aliphatic heterocycles. The van der Waals surface area contributed by atoms with E-state index in [0.29, 0.717) is 37.4 Å². The van der Waals surface area contributed by atoms with Crippen LogP contribution < -0.4 is 9.47 Å². The van der Waals surface area contributed by atoms with E-state index < -0.39 is 6.09 Å². The Hall–Kier alpha value is -2.08. The number of nitrogens with zero attached hydrogens (tertiary/aromatic N) is 4. The zero-order valence-electron chi connectivity index (χ0n) is 14.5. The number of piperidine rings is 1. The van der Waals surface area contributed by atoms with Crippen LogP contribution in [0.25, 0.3) is 15.5 Å². The third-order valence-corrected chi connectivity index (χ3v) is 6.17. The number of aromatic nitrogens is 3. The van der Waals surface area contributed by atoms with Gasteiger partial charge in [0.05, 0.1) is 13.3 Å². The first-order valence-electron chi connectivity index (χ1n) is 8.38. The SMILES string of the molecule is COc1cc(-c2nn3c(I)cnc3s2)ccc1OC1CCN(C(=O)O)CC1. The van der Waals surface area contributed by atoms with Gasteiger partial charge < -0.3 is 19.5 Å². The maximum atomic E-state index is 11.0. The fraction of sp³-hybridized carbons (Fsp3) is 0.353. The second-order valence-electron chi connectivity index (χ2n) is 6.13. The Bertz CT molecular complexity index is 981. The first kappa shape index (κ1) is 18.3. The molecule has 0 saturated carbocycles. The van der Waals surface area contributed by atoms with Crippen LogP contribution in [0.4, 0.5) is 4.79 Å². The number of hydrogen-bond donors (Lipinski definition) is 1. The van der Waals surface area contributed by atoms with E-state index in [1.807, 2.05) is 22.7 Å². The third kappa shape index (κ3) is 3.68. The van der Waals surface area contributed by atoms with Crippen molar-refractivity contribution in [3.05, 3.63) is 28.1 Å². The second-order valence-corrected chi connectivity index (χ2v) is 8.20. The molecule has 1 amide bonds. The van der Waals surface area contributed by atoms with Crippen LogP contribution in [0.15, 0.2) is 24.4 Å². The molecule has 0 spiro atoms. The topological polar surface area (TPSA) is 89.2 Å². The predicted molar refractivity (Wildman–Crippen MR) is 109 cm³/mol. The lowest BCUT2D eigenvalue weighted by atomic mass is 10.1. The van der Waals surface area contributed by atoms with Gasteiger partial charge in [0.1, 0.15) is 14.8 Å². The standard InChI is InChI=1S/C17H17IN4O4S/c1-25-13-8-10(15-20-22-14(18)9-19-16(22)27-15)2-3-12(13)26-11-4-6-21(7-5-11)17(23)24/h2-3,8-9,11H,4-7H2,1H3,(H,23,24). The highest BCUT2D eigenvalue weighted by Gasteiger charge is 2.24. The molecule has 0 unspecified atom stereocenters. The van der Waals surface area contributed by atoms with Crippen molar-refractivity contribution in [2.45, 2.75) is 18.9 Å². The molecule has 0 atom stereocenters. The number of ether oxygens (including phenoxy) is 2. The van der Waals surface area contributed by atoms with E-state index in [1.165, 1.54) is 16.2 Å². The van der Waals surface area contributed by atoms with Crippen molar-refractivity contribution in [3.8, 4) is 22.1 Å². The summed E-state index contributed by atoms with van der Waals surface area (Å²) >= 11 is 3.71. The van der Waals surface area contributed by atoms with Crippen LogP contribution in [0.2, 0.25) is 0 Å². The highest BCUT2D eigenvalue weighted by atomic mass is 127. The monoisotopic (exact) mass is 500 g/mol. The van der Waals surface area contributed by atoms with Gasteiger partial charge in [0.15, 0.2) is 11.5 Å². The molecule has 4 rings (SSSR count). The number of halogens is 1. The van der Waals surface area contributed by atoms with Crippen LogP contribution in [0.3, 0.4) is 0 Å². The molecule has 3 aromatic rings. The fourth-order valence-corrected chi connectivity index (χ4v) is 4.54. The number of carboxylic acid groups (broad SMARTS) is 1. The maximum absolute atomic E-state index is 11.0. The summed E-state index contributed by atoms with van der Waals surface area (Å²) in [5, 5.41) is 14.5. The Kier molecular flexibility index (Phi) is 5.08. The van der Waals surface area contributed by atoms with Crippen molar-refractivity contribution < 1.29 is 19.4 Å². The molecule has 10 heteroatoms. The van der Waals surface area contributed by atoms with Gasteiger partial charge in [-0.2, -0.15) is 9.61 Å². The van der Waals surface area contributed by atoms with Gasteiger partial charge in [-0.05, 0) is 40.8 Å². The molecule has 1 fully saturated rings. The Balaban J connectivity index is 1.52. The predicted octanol–water partition coefficient (Wildman–Crippen LogP) is 3.59. The summed E-state index contributed by atoms with van der Waals surface area (Å²) in [6.07, 6.45) is 2.22. The van der Waals surface area contributed by atoms with Crippen molar-refractivity contribution in [2.24, 2.45) is 0 Å². The number of fused-ring (bicyclic) bond motifs is 1.